The number of hydrogen-bond acceptors (Lipinski definition) is 2. The monoisotopic (exact) mass is 381 g/mol. The minimum Gasteiger partial charge on any atom is -0.361 e. The molecule has 1 aromatic heterocycles. The summed E-state index contributed by atoms with van der Waals surface area (Å²) in [6, 6.07) is 13.9. The second-order valence-electron chi connectivity index (χ2n) is 6.30. The van der Waals surface area contributed by atoms with Gasteiger partial charge in [-0.1, -0.05) is 18.2 Å². The van der Waals surface area contributed by atoms with E-state index in [1.54, 1.807) is 25.2 Å². The predicted molar refractivity (Wildman–Crippen MR) is 110 cm³/mol. The topological polar surface area (TPSA) is 81.3 Å². The molecule has 146 valence electrons. The van der Waals surface area contributed by atoms with Crippen LogP contribution in [0.15, 0.2) is 59.7 Å². The van der Waals surface area contributed by atoms with Crippen molar-refractivity contribution >= 4 is 22.8 Å². The molecule has 0 aliphatic heterocycles. The number of aromatic nitrogens is 1. The van der Waals surface area contributed by atoms with E-state index in [0.717, 1.165) is 22.9 Å². The zero-order valence-corrected chi connectivity index (χ0v) is 15.8. The number of carbonyl (C=O) groups is 1. The third-order valence-electron chi connectivity index (χ3n) is 4.38. The van der Waals surface area contributed by atoms with E-state index in [0.29, 0.717) is 31.2 Å². The molecule has 3 rings (SSSR count). The van der Waals surface area contributed by atoms with Gasteiger partial charge < -0.3 is 20.9 Å². The zero-order valence-electron chi connectivity index (χ0n) is 15.8. The van der Waals surface area contributed by atoms with Crippen molar-refractivity contribution in [1.82, 2.24) is 20.9 Å². The number of hydrogen-bond donors (Lipinski definition) is 4. The predicted octanol–water partition coefficient (Wildman–Crippen LogP) is 2.44. The Morgan fingerprint density at radius 2 is 1.79 bits per heavy atom. The van der Waals surface area contributed by atoms with Crippen molar-refractivity contribution in [3.8, 4) is 0 Å². The second kappa shape index (κ2) is 9.55. The Hall–Kier alpha value is -3.35. The van der Waals surface area contributed by atoms with Gasteiger partial charge in [0.05, 0.1) is 0 Å². The third-order valence-corrected chi connectivity index (χ3v) is 4.38. The quantitative estimate of drug-likeness (QED) is 0.288. The van der Waals surface area contributed by atoms with E-state index in [9.17, 15) is 9.18 Å². The van der Waals surface area contributed by atoms with E-state index in [1.807, 2.05) is 24.4 Å². The van der Waals surface area contributed by atoms with Gasteiger partial charge in [0.25, 0.3) is 5.91 Å². The minimum atomic E-state index is -0.247. The first-order valence-electron chi connectivity index (χ1n) is 9.20. The summed E-state index contributed by atoms with van der Waals surface area (Å²) >= 11 is 0. The number of amides is 1. The molecule has 28 heavy (non-hydrogen) atoms. The van der Waals surface area contributed by atoms with Gasteiger partial charge in [0, 0.05) is 49.3 Å². The molecule has 1 heterocycles. The number of nitrogens with one attached hydrogen (secondary N) is 4. The lowest BCUT2D eigenvalue weighted by atomic mass is 10.1. The summed E-state index contributed by atoms with van der Waals surface area (Å²) in [4.78, 5) is 19.3. The number of benzene rings is 2. The molecule has 1 amide bonds. The molecule has 0 aliphatic rings. The van der Waals surface area contributed by atoms with Crippen LogP contribution < -0.4 is 16.0 Å². The molecule has 0 bridgehead atoms. The Kier molecular flexibility index (Phi) is 6.62. The van der Waals surface area contributed by atoms with Gasteiger partial charge in [0.1, 0.15) is 5.82 Å². The van der Waals surface area contributed by atoms with Gasteiger partial charge in [-0.25, -0.2) is 4.39 Å². The molecule has 0 atom stereocenters. The molecule has 0 spiro atoms. The van der Waals surface area contributed by atoms with Crippen LogP contribution in [-0.2, 0) is 6.42 Å². The van der Waals surface area contributed by atoms with E-state index in [1.165, 1.54) is 12.1 Å². The second-order valence-corrected chi connectivity index (χ2v) is 6.30. The number of nitrogens with zero attached hydrogens (tertiary/aromatic N) is 1. The lowest BCUT2D eigenvalue weighted by Gasteiger charge is -2.12. The number of aliphatic imine (C=N–C) groups is 1. The van der Waals surface area contributed by atoms with Gasteiger partial charge in [0.2, 0.25) is 0 Å². The maximum Gasteiger partial charge on any atom is 0.251 e. The number of halogens is 1. The molecule has 6 nitrogen and oxygen atoms in total. The highest BCUT2D eigenvalue weighted by Crippen LogP contribution is 2.19. The van der Waals surface area contributed by atoms with E-state index in [-0.39, 0.29) is 11.7 Å². The van der Waals surface area contributed by atoms with Crippen LogP contribution in [0, 0.1) is 5.82 Å². The Morgan fingerprint density at radius 1 is 1.04 bits per heavy atom. The highest BCUT2D eigenvalue weighted by Gasteiger charge is 2.06. The van der Waals surface area contributed by atoms with E-state index < -0.39 is 0 Å². The maximum absolute atomic E-state index is 13.3. The summed E-state index contributed by atoms with van der Waals surface area (Å²) in [6.07, 6.45) is 2.68. The molecule has 0 aliphatic carbocycles. The Morgan fingerprint density at radius 3 is 2.57 bits per heavy atom. The van der Waals surface area contributed by atoms with Crippen molar-refractivity contribution in [3.05, 3.63) is 71.7 Å². The molecular weight excluding hydrogens is 357 g/mol. The van der Waals surface area contributed by atoms with Gasteiger partial charge in [-0.3, -0.25) is 9.79 Å². The van der Waals surface area contributed by atoms with Gasteiger partial charge in [-0.2, -0.15) is 0 Å². The third kappa shape index (κ3) is 5.09. The smallest absolute Gasteiger partial charge is 0.251 e. The summed E-state index contributed by atoms with van der Waals surface area (Å²) in [5, 5.41) is 10.3. The van der Waals surface area contributed by atoms with Crippen LogP contribution in [-0.4, -0.2) is 43.5 Å². The summed E-state index contributed by atoms with van der Waals surface area (Å²) < 4.78 is 13.3. The first-order chi connectivity index (χ1) is 13.7. The molecular formula is C21H24FN5O. The van der Waals surface area contributed by atoms with Crippen LogP contribution in [0.5, 0.6) is 0 Å². The molecule has 0 radical (unpaired) electrons. The first-order valence-corrected chi connectivity index (χ1v) is 9.20. The van der Waals surface area contributed by atoms with Crippen LogP contribution >= 0.6 is 0 Å². The molecule has 0 saturated heterocycles. The highest BCUT2D eigenvalue weighted by molar-refractivity contribution is 5.94. The average molecular weight is 381 g/mol. The largest absolute Gasteiger partial charge is 0.361 e. The molecule has 0 saturated carbocycles. The Labute approximate surface area is 163 Å². The van der Waals surface area contributed by atoms with Crippen LogP contribution in [0.1, 0.15) is 15.9 Å². The summed E-state index contributed by atoms with van der Waals surface area (Å²) in [6.45, 7) is 1.73. The van der Waals surface area contributed by atoms with E-state index in [2.05, 4.69) is 25.9 Å². The SMILES string of the molecule is CN=C(NCCNC(=O)c1ccccc1)NCCc1c[nH]c2cc(F)ccc12. The van der Waals surface area contributed by atoms with Crippen molar-refractivity contribution in [2.45, 2.75) is 6.42 Å². The maximum atomic E-state index is 13.3. The fourth-order valence-electron chi connectivity index (χ4n) is 2.95. The first kappa shape index (κ1) is 19.4. The van der Waals surface area contributed by atoms with Crippen molar-refractivity contribution in [1.29, 1.82) is 0 Å². The Balaban J connectivity index is 1.39. The van der Waals surface area contributed by atoms with Crippen molar-refractivity contribution in [2.24, 2.45) is 4.99 Å². The average Bonchev–Trinajstić information content (AvgIpc) is 3.12. The summed E-state index contributed by atoms with van der Waals surface area (Å²) in [5.41, 5.74) is 2.56. The lowest BCUT2D eigenvalue weighted by Crippen LogP contribution is -2.42. The fraction of sp³-hybridized carbons (Fsp3) is 0.238. The van der Waals surface area contributed by atoms with Crippen LogP contribution in [0.4, 0.5) is 4.39 Å². The molecule has 3 aromatic rings. The molecule has 2 aromatic carbocycles. The van der Waals surface area contributed by atoms with Gasteiger partial charge in [-0.15, -0.1) is 0 Å². The van der Waals surface area contributed by atoms with Crippen LogP contribution in [0.2, 0.25) is 0 Å². The fourth-order valence-corrected chi connectivity index (χ4v) is 2.95. The molecule has 0 fully saturated rings. The van der Waals surface area contributed by atoms with Gasteiger partial charge in [-0.05, 0) is 42.3 Å². The van der Waals surface area contributed by atoms with Crippen molar-refractivity contribution in [2.75, 3.05) is 26.7 Å². The van der Waals surface area contributed by atoms with E-state index in [4.69, 9.17) is 0 Å². The minimum absolute atomic E-state index is 0.0962. The number of fused-ring (bicyclic) bond motifs is 1. The number of H-pyrrole nitrogens is 1. The number of rotatable bonds is 7. The van der Waals surface area contributed by atoms with E-state index >= 15 is 0 Å². The van der Waals surface area contributed by atoms with Crippen molar-refractivity contribution < 1.29 is 9.18 Å². The summed E-state index contributed by atoms with van der Waals surface area (Å²) in [7, 11) is 1.70. The summed E-state index contributed by atoms with van der Waals surface area (Å²) in [5.74, 6) is 0.323. The molecule has 7 heteroatoms. The standard InChI is InChI=1S/C21H24FN5O/c1-23-21(26-12-11-24-20(28)15-5-3-2-4-6-15)25-10-9-16-14-27-19-13-17(22)7-8-18(16)19/h2-8,13-14,27H,9-12H2,1H3,(H,24,28)(H2,23,25,26). The number of aromatic amines is 1. The number of carbonyl (C=O) groups excluding carboxylic acids is 1. The normalized spacial score (nSPS) is 11.4. The lowest BCUT2D eigenvalue weighted by molar-refractivity contribution is 0.0954. The van der Waals surface area contributed by atoms with Crippen LogP contribution in [0.3, 0.4) is 0 Å². The molecule has 0 unspecified atom stereocenters. The van der Waals surface area contributed by atoms with Crippen LogP contribution in [0.25, 0.3) is 10.9 Å². The van der Waals surface area contributed by atoms with Crippen molar-refractivity contribution in [3.63, 3.8) is 0 Å². The molecule has 4 N–H and O–H groups in total. The Bertz CT molecular complexity index is 952. The van der Waals surface area contributed by atoms with Gasteiger partial charge >= 0.3 is 0 Å². The van der Waals surface area contributed by atoms with Gasteiger partial charge in [0.15, 0.2) is 5.96 Å². The zero-order chi connectivity index (χ0) is 19.8. The highest BCUT2D eigenvalue weighted by atomic mass is 19.1. The number of guanidine groups is 1.